The SMILES string of the molecule is Cc1cc(NCC2(CO)CC2)c(Br)cc1[N+](=O)[O-]. The van der Waals surface area contributed by atoms with Gasteiger partial charge < -0.3 is 10.4 Å². The summed E-state index contributed by atoms with van der Waals surface area (Å²) in [5.41, 5.74) is 1.57. The fourth-order valence-electron chi connectivity index (χ4n) is 1.85. The standard InChI is InChI=1S/C12H15BrN2O3/c1-8-4-10(9(13)5-11(8)15(17)18)14-6-12(7-16)2-3-12/h4-5,14,16H,2-3,6-7H2,1H3. The average Bonchev–Trinajstić information content (AvgIpc) is 3.10. The fraction of sp³-hybridized carbons (Fsp3) is 0.500. The van der Waals surface area contributed by atoms with Crippen molar-refractivity contribution in [1.82, 2.24) is 0 Å². The molecule has 1 fully saturated rings. The first kappa shape index (κ1) is 13.3. The number of aliphatic hydroxyl groups excluding tert-OH is 1. The van der Waals surface area contributed by atoms with E-state index in [4.69, 9.17) is 0 Å². The first-order valence-corrected chi connectivity index (χ1v) is 6.56. The minimum atomic E-state index is -0.389. The molecular weight excluding hydrogens is 300 g/mol. The van der Waals surface area contributed by atoms with Crippen molar-refractivity contribution in [3.63, 3.8) is 0 Å². The Morgan fingerprint density at radius 3 is 2.72 bits per heavy atom. The molecule has 2 N–H and O–H groups in total. The lowest BCUT2D eigenvalue weighted by Crippen LogP contribution is -2.19. The molecular formula is C12H15BrN2O3. The molecule has 0 aliphatic heterocycles. The molecule has 1 aliphatic carbocycles. The summed E-state index contributed by atoms with van der Waals surface area (Å²) < 4.78 is 0.675. The van der Waals surface area contributed by atoms with Crippen LogP contribution in [0, 0.1) is 22.5 Å². The van der Waals surface area contributed by atoms with Gasteiger partial charge in [0.05, 0.1) is 11.5 Å². The number of halogens is 1. The zero-order chi connectivity index (χ0) is 13.3. The Morgan fingerprint density at radius 2 is 2.22 bits per heavy atom. The van der Waals surface area contributed by atoms with Gasteiger partial charge in [-0.1, -0.05) is 0 Å². The Balaban J connectivity index is 2.14. The molecule has 0 radical (unpaired) electrons. The van der Waals surface area contributed by atoms with Gasteiger partial charge in [0.2, 0.25) is 0 Å². The number of nitrogens with zero attached hydrogens (tertiary/aromatic N) is 1. The van der Waals surface area contributed by atoms with Crippen LogP contribution in [0.1, 0.15) is 18.4 Å². The normalized spacial score (nSPS) is 16.4. The van der Waals surface area contributed by atoms with Gasteiger partial charge in [-0.2, -0.15) is 0 Å². The van der Waals surface area contributed by atoms with Crippen LogP contribution in [-0.2, 0) is 0 Å². The van der Waals surface area contributed by atoms with Gasteiger partial charge in [0.15, 0.2) is 0 Å². The number of nitro groups is 1. The topological polar surface area (TPSA) is 75.4 Å². The zero-order valence-electron chi connectivity index (χ0n) is 10.1. The minimum Gasteiger partial charge on any atom is -0.396 e. The lowest BCUT2D eigenvalue weighted by Gasteiger charge is -2.15. The smallest absolute Gasteiger partial charge is 0.273 e. The number of aliphatic hydroxyl groups is 1. The van der Waals surface area contributed by atoms with Gasteiger partial charge in [-0.25, -0.2) is 0 Å². The van der Waals surface area contributed by atoms with Crippen molar-refractivity contribution in [2.24, 2.45) is 5.41 Å². The van der Waals surface area contributed by atoms with Gasteiger partial charge in [0.1, 0.15) is 0 Å². The van der Waals surface area contributed by atoms with E-state index in [-0.39, 0.29) is 22.6 Å². The molecule has 5 nitrogen and oxygen atoms in total. The van der Waals surface area contributed by atoms with Gasteiger partial charge in [0.25, 0.3) is 5.69 Å². The maximum absolute atomic E-state index is 10.8. The second kappa shape index (κ2) is 4.85. The van der Waals surface area contributed by atoms with Gasteiger partial charge in [-0.05, 0) is 41.8 Å². The Morgan fingerprint density at radius 1 is 1.56 bits per heavy atom. The molecule has 0 amide bonds. The number of hydrogen-bond donors (Lipinski definition) is 2. The van der Waals surface area contributed by atoms with Crippen LogP contribution in [0.4, 0.5) is 11.4 Å². The molecule has 0 unspecified atom stereocenters. The van der Waals surface area contributed by atoms with Crippen molar-refractivity contribution in [1.29, 1.82) is 0 Å². The maximum atomic E-state index is 10.8. The molecule has 1 saturated carbocycles. The lowest BCUT2D eigenvalue weighted by atomic mass is 10.1. The quantitative estimate of drug-likeness (QED) is 0.647. The summed E-state index contributed by atoms with van der Waals surface area (Å²) in [6, 6.07) is 3.27. The van der Waals surface area contributed by atoms with Crippen LogP contribution in [0.25, 0.3) is 0 Å². The highest BCUT2D eigenvalue weighted by Crippen LogP contribution is 2.45. The van der Waals surface area contributed by atoms with Crippen molar-refractivity contribution in [2.75, 3.05) is 18.5 Å². The van der Waals surface area contributed by atoms with E-state index in [1.54, 1.807) is 13.0 Å². The summed E-state index contributed by atoms with van der Waals surface area (Å²) in [5, 5.41) is 23.3. The van der Waals surface area contributed by atoms with Crippen molar-refractivity contribution in [3.8, 4) is 0 Å². The van der Waals surface area contributed by atoms with Crippen LogP contribution < -0.4 is 5.32 Å². The summed E-state index contributed by atoms with van der Waals surface area (Å²) in [6.07, 6.45) is 2.06. The summed E-state index contributed by atoms with van der Waals surface area (Å²) in [6.45, 7) is 2.59. The number of rotatable bonds is 5. The molecule has 98 valence electrons. The highest BCUT2D eigenvalue weighted by molar-refractivity contribution is 9.10. The van der Waals surface area contributed by atoms with Gasteiger partial charge in [-0.15, -0.1) is 0 Å². The van der Waals surface area contributed by atoms with E-state index in [1.807, 2.05) is 0 Å². The van der Waals surface area contributed by atoms with Crippen LogP contribution in [0.5, 0.6) is 0 Å². The molecule has 0 heterocycles. The summed E-state index contributed by atoms with van der Waals surface area (Å²) in [7, 11) is 0. The molecule has 18 heavy (non-hydrogen) atoms. The minimum absolute atomic E-state index is 0.00905. The van der Waals surface area contributed by atoms with E-state index in [2.05, 4.69) is 21.2 Å². The van der Waals surface area contributed by atoms with Crippen molar-refractivity contribution in [2.45, 2.75) is 19.8 Å². The highest BCUT2D eigenvalue weighted by Gasteiger charge is 2.41. The average molecular weight is 315 g/mol. The monoisotopic (exact) mass is 314 g/mol. The second-order valence-electron chi connectivity index (χ2n) is 4.89. The fourth-order valence-corrected chi connectivity index (χ4v) is 2.32. The molecule has 1 aromatic carbocycles. The summed E-state index contributed by atoms with van der Waals surface area (Å²) >= 11 is 3.33. The molecule has 0 saturated heterocycles. The predicted molar refractivity (Wildman–Crippen MR) is 72.8 cm³/mol. The van der Waals surface area contributed by atoms with Gasteiger partial charge in [0, 0.05) is 33.7 Å². The Hall–Kier alpha value is -1.14. The first-order valence-electron chi connectivity index (χ1n) is 5.77. The first-order chi connectivity index (χ1) is 8.47. The Labute approximate surface area is 113 Å². The van der Waals surface area contributed by atoms with E-state index in [1.165, 1.54) is 6.07 Å². The molecule has 0 bridgehead atoms. The van der Waals surface area contributed by atoms with Crippen molar-refractivity contribution >= 4 is 27.3 Å². The van der Waals surface area contributed by atoms with E-state index < -0.39 is 0 Å². The lowest BCUT2D eigenvalue weighted by molar-refractivity contribution is -0.385. The number of nitro benzene ring substituents is 1. The van der Waals surface area contributed by atoms with Crippen LogP contribution in [-0.4, -0.2) is 23.2 Å². The third-order valence-electron chi connectivity index (χ3n) is 3.43. The van der Waals surface area contributed by atoms with Crippen LogP contribution in [0.3, 0.4) is 0 Å². The summed E-state index contributed by atoms with van der Waals surface area (Å²) in [4.78, 5) is 10.4. The molecule has 0 spiro atoms. The van der Waals surface area contributed by atoms with Crippen molar-refractivity contribution in [3.05, 3.63) is 32.3 Å². The second-order valence-corrected chi connectivity index (χ2v) is 5.74. The van der Waals surface area contributed by atoms with Crippen molar-refractivity contribution < 1.29 is 10.0 Å². The van der Waals surface area contributed by atoms with Crippen LogP contribution in [0.15, 0.2) is 16.6 Å². The molecule has 6 heteroatoms. The Bertz CT molecular complexity index is 486. The summed E-state index contributed by atoms with van der Waals surface area (Å²) in [5.74, 6) is 0. The molecule has 2 rings (SSSR count). The van der Waals surface area contributed by atoms with Crippen LogP contribution >= 0.6 is 15.9 Å². The molecule has 1 aliphatic rings. The van der Waals surface area contributed by atoms with E-state index in [9.17, 15) is 15.2 Å². The zero-order valence-corrected chi connectivity index (χ0v) is 11.7. The highest BCUT2D eigenvalue weighted by atomic mass is 79.9. The van der Waals surface area contributed by atoms with Gasteiger partial charge >= 0.3 is 0 Å². The molecule has 0 atom stereocenters. The number of benzene rings is 1. The molecule has 1 aromatic rings. The predicted octanol–water partition coefficient (Wildman–Crippen LogP) is 2.85. The number of aryl methyl sites for hydroxylation is 1. The van der Waals surface area contributed by atoms with Gasteiger partial charge in [-0.3, -0.25) is 10.1 Å². The van der Waals surface area contributed by atoms with E-state index >= 15 is 0 Å². The van der Waals surface area contributed by atoms with Crippen LogP contribution in [0.2, 0.25) is 0 Å². The largest absolute Gasteiger partial charge is 0.396 e. The van der Waals surface area contributed by atoms with E-state index in [0.717, 1.165) is 18.5 Å². The Kier molecular flexibility index (Phi) is 3.59. The maximum Gasteiger partial charge on any atom is 0.273 e. The number of nitrogens with one attached hydrogen (secondary N) is 1. The van der Waals surface area contributed by atoms with E-state index in [0.29, 0.717) is 16.6 Å². The number of hydrogen-bond acceptors (Lipinski definition) is 4. The third-order valence-corrected chi connectivity index (χ3v) is 4.08. The number of anilines is 1. The third kappa shape index (κ3) is 2.64. The molecule has 0 aromatic heterocycles.